The van der Waals surface area contributed by atoms with Gasteiger partial charge in [-0.15, -0.1) is 5.10 Å². The Hall–Kier alpha value is -2.87. The van der Waals surface area contributed by atoms with Gasteiger partial charge in [0.15, 0.2) is 5.82 Å². The summed E-state index contributed by atoms with van der Waals surface area (Å²) in [5, 5.41) is 12.9. The SMILES string of the molecule is Cc1c(C(F)F)cccc1[C@@H](C)Nc1nnc(C)c2ncc(N3CC4CC3CO4)cc12. The number of ether oxygens (including phenoxy) is 1. The average molecular weight is 425 g/mol. The monoisotopic (exact) mass is 425 g/mol. The Bertz CT molecular complexity index is 1140. The van der Waals surface area contributed by atoms with E-state index in [1.165, 1.54) is 6.07 Å². The van der Waals surface area contributed by atoms with Gasteiger partial charge in [-0.05, 0) is 44.4 Å². The molecule has 2 unspecified atom stereocenters. The van der Waals surface area contributed by atoms with Gasteiger partial charge < -0.3 is 15.0 Å². The Morgan fingerprint density at radius 3 is 2.71 bits per heavy atom. The Labute approximate surface area is 179 Å². The standard InChI is InChI=1S/C23H25F2N5O/c1-12-18(5-4-6-19(12)22(24)25)13(2)27-23-20-8-15(9-26-21(20)14(3)28-29-23)30-10-17-7-16(30)11-31-17/h4-6,8-9,13,16-17,22H,7,10-11H2,1-3H3,(H,27,29)/t13-,16?,17?/m1/s1. The van der Waals surface area contributed by atoms with E-state index in [0.29, 0.717) is 23.5 Å². The van der Waals surface area contributed by atoms with Gasteiger partial charge in [-0.25, -0.2) is 8.78 Å². The highest BCUT2D eigenvalue weighted by Gasteiger charge is 2.39. The Morgan fingerprint density at radius 2 is 2.00 bits per heavy atom. The van der Waals surface area contributed by atoms with Crippen LogP contribution in [0, 0.1) is 13.8 Å². The first-order chi connectivity index (χ1) is 14.9. The largest absolute Gasteiger partial charge is 0.374 e. The summed E-state index contributed by atoms with van der Waals surface area (Å²) in [4.78, 5) is 7.03. The van der Waals surface area contributed by atoms with Gasteiger partial charge in [0.25, 0.3) is 6.43 Å². The molecule has 3 aromatic rings. The van der Waals surface area contributed by atoms with Crippen molar-refractivity contribution in [2.75, 3.05) is 23.4 Å². The molecule has 0 amide bonds. The summed E-state index contributed by atoms with van der Waals surface area (Å²) in [6.07, 6.45) is 0.730. The van der Waals surface area contributed by atoms with E-state index in [9.17, 15) is 8.78 Å². The smallest absolute Gasteiger partial charge is 0.264 e. The molecular formula is C23H25F2N5O. The van der Waals surface area contributed by atoms with Gasteiger partial charge in [0.2, 0.25) is 0 Å². The number of hydrogen-bond acceptors (Lipinski definition) is 6. The molecule has 2 aliphatic rings. The highest BCUT2D eigenvalue weighted by atomic mass is 19.3. The number of fused-ring (bicyclic) bond motifs is 3. The van der Waals surface area contributed by atoms with Gasteiger partial charge in [-0.3, -0.25) is 4.98 Å². The molecule has 0 aliphatic carbocycles. The lowest BCUT2D eigenvalue weighted by atomic mass is 9.97. The van der Waals surface area contributed by atoms with Crippen LogP contribution in [0.3, 0.4) is 0 Å². The predicted octanol–water partition coefficient (Wildman–Crippen LogP) is 4.73. The van der Waals surface area contributed by atoms with Crippen LogP contribution >= 0.6 is 0 Å². The number of morpholine rings is 1. The van der Waals surface area contributed by atoms with Gasteiger partial charge >= 0.3 is 0 Å². The average Bonchev–Trinajstić information content (AvgIpc) is 3.39. The first-order valence-corrected chi connectivity index (χ1v) is 10.6. The fraction of sp³-hybridized carbons (Fsp3) is 0.435. The zero-order valence-corrected chi connectivity index (χ0v) is 17.8. The first kappa shape index (κ1) is 20.1. The minimum atomic E-state index is -2.50. The number of aromatic nitrogens is 3. The van der Waals surface area contributed by atoms with Crippen LogP contribution in [0.4, 0.5) is 20.3 Å². The van der Waals surface area contributed by atoms with Gasteiger partial charge in [0.05, 0.1) is 47.9 Å². The number of rotatable bonds is 5. The van der Waals surface area contributed by atoms with Gasteiger partial charge in [0, 0.05) is 17.5 Å². The zero-order valence-electron chi connectivity index (χ0n) is 17.8. The fourth-order valence-electron chi connectivity index (χ4n) is 4.79. The zero-order chi connectivity index (χ0) is 21.7. The Kier molecular flexibility index (Phi) is 4.97. The number of hydrogen-bond donors (Lipinski definition) is 1. The molecule has 2 fully saturated rings. The molecule has 2 saturated heterocycles. The van der Waals surface area contributed by atoms with Crippen molar-refractivity contribution in [3.63, 3.8) is 0 Å². The van der Waals surface area contributed by atoms with E-state index in [1.54, 1.807) is 13.0 Å². The van der Waals surface area contributed by atoms with E-state index in [-0.39, 0.29) is 11.6 Å². The quantitative estimate of drug-likeness (QED) is 0.638. The first-order valence-electron chi connectivity index (χ1n) is 10.6. The topological polar surface area (TPSA) is 63.2 Å². The Balaban J connectivity index is 1.50. The molecular weight excluding hydrogens is 400 g/mol. The molecule has 4 heterocycles. The van der Waals surface area contributed by atoms with Crippen molar-refractivity contribution in [3.8, 4) is 0 Å². The van der Waals surface area contributed by atoms with Crippen molar-refractivity contribution in [1.29, 1.82) is 0 Å². The summed E-state index contributed by atoms with van der Waals surface area (Å²) >= 11 is 0. The predicted molar refractivity (Wildman–Crippen MR) is 116 cm³/mol. The molecule has 8 heteroatoms. The molecule has 2 aliphatic heterocycles. The second-order valence-electron chi connectivity index (χ2n) is 8.45. The molecule has 31 heavy (non-hydrogen) atoms. The normalized spacial score (nSPS) is 21.3. The molecule has 2 aromatic heterocycles. The van der Waals surface area contributed by atoms with E-state index >= 15 is 0 Å². The number of halogens is 2. The molecule has 0 spiro atoms. The van der Waals surface area contributed by atoms with E-state index in [1.807, 2.05) is 26.1 Å². The third-order valence-electron chi connectivity index (χ3n) is 6.48. The van der Waals surface area contributed by atoms with Crippen molar-refractivity contribution in [1.82, 2.24) is 15.2 Å². The third-order valence-corrected chi connectivity index (χ3v) is 6.48. The number of benzene rings is 1. The minimum Gasteiger partial charge on any atom is -0.374 e. The summed E-state index contributed by atoms with van der Waals surface area (Å²) in [6, 6.07) is 7.27. The summed E-state index contributed by atoms with van der Waals surface area (Å²) < 4.78 is 32.4. The summed E-state index contributed by atoms with van der Waals surface area (Å²) in [6.45, 7) is 7.18. The lowest BCUT2D eigenvalue weighted by Gasteiger charge is -2.29. The van der Waals surface area contributed by atoms with Crippen LogP contribution in [-0.4, -0.2) is 40.5 Å². The molecule has 0 radical (unpaired) electrons. The summed E-state index contributed by atoms with van der Waals surface area (Å²) in [7, 11) is 0. The van der Waals surface area contributed by atoms with Crippen molar-refractivity contribution in [2.45, 2.75) is 51.8 Å². The van der Waals surface area contributed by atoms with Crippen molar-refractivity contribution >= 4 is 22.4 Å². The van der Waals surface area contributed by atoms with Crippen molar-refractivity contribution < 1.29 is 13.5 Å². The van der Waals surface area contributed by atoms with E-state index < -0.39 is 6.43 Å². The number of aryl methyl sites for hydroxylation is 1. The van der Waals surface area contributed by atoms with Crippen LogP contribution in [0.1, 0.15) is 48.2 Å². The lowest BCUT2D eigenvalue weighted by molar-refractivity contribution is 0.0991. The van der Waals surface area contributed by atoms with E-state index in [2.05, 4.69) is 31.5 Å². The third kappa shape index (κ3) is 3.48. The maximum absolute atomic E-state index is 13.3. The van der Waals surface area contributed by atoms with Crippen LogP contribution in [0.15, 0.2) is 30.5 Å². The highest BCUT2D eigenvalue weighted by Crippen LogP contribution is 2.35. The maximum atomic E-state index is 13.3. The second kappa shape index (κ2) is 7.67. The number of pyridine rings is 1. The maximum Gasteiger partial charge on any atom is 0.264 e. The number of nitrogens with one attached hydrogen (secondary N) is 1. The molecule has 1 aromatic carbocycles. The van der Waals surface area contributed by atoms with Crippen LogP contribution < -0.4 is 10.2 Å². The van der Waals surface area contributed by atoms with E-state index in [0.717, 1.165) is 47.4 Å². The Morgan fingerprint density at radius 1 is 1.19 bits per heavy atom. The molecule has 1 N–H and O–H groups in total. The fourth-order valence-corrected chi connectivity index (χ4v) is 4.79. The molecule has 2 bridgehead atoms. The van der Waals surface area contributed by atoms with Crippen LogP contribution in [0.2, 0.25) is 0 Å². The van der Waals surface area contributed by atoms with Gasteiger partial charge in [0.1, 0.15) is 0 Å². The summed E-state index contributed by atoms with van der Waals surface area (Å²) in [5.74, 6) is 0.602. The summed E-state index contributed by atoms with van der Waals surface area (Å²) in [5.41, 5.74) is 4.04. The van der Waals surface area contributed by atoms with Gasteiger partial charge in [-0.2, -0.15) is 5.10 Å². The molecule has 162 valence electrons. The molecule has 3 atom stereocenters. The number of nitrogens with zero attached hydrogens (tertiary/aromatic N) is 4. The number of anilines is 2. The van der Waals surface area contributed by atoms with Crippen molar-refractivity contribution in [2.24, 2.45) is 0 Å². The molecule has 5 rings (SSSR count). The molecule has 0 saturated carbocycles. The van der Waals surface area contributed by atoms with Crippen LogP contribution in [0.25, 0.3) is 10.9 Å². The highest BCUT2D eigenvalue weighted by molar-refractivity contribution is 5.92. The van der Waals surface area contributed by atoms with E-state index in [4.69, 9.17) is 4.74 Å². The van der Waals surface area contributed by atoms with Gasteiger partial charge in [-0.1, -0.05) is 18.2 Å². The van der Waals surface area contributed by atoms with Crippen molar-refractivity contribution in [3.05, 3.63) is 52.8 Å². The molecule has 6 nitrogen and oxygen atoms in total. The van der Waals surface area contributed by atoms with Crippen LogP contribution in [0.5, 0.6) is 0 Å². The number of alkyl halides is 2. The lowest BCUT2D eigenvalue weighted by Crippen LogP contribution is -2.36. The minimum absolute atomic E-state index is 0.0567. The second-order valence-corrected chi connectivity index (χ2v) is 8.45. The van der Waals surface area contributed by atoms with Crippen LogP contribution in [-0.2, 0) is 4.74 Å².